The second-order valence-corrected chi connectivity index (χ2v) is 15.7. The standard InChI is InChI=1S/C40H53N9O6/c1-9-48-31-15-14-25-18-27(31)28(35(48)26-12-10-16-41-33(26)24(4)54-8)20-40(5,6)21-55-39(53)29-13-11-17-49(46-29)38(52)30(19-32-43-36(25)45-44-32)42-37(51)34(23(2)3)47(7)22-50/h10,12,14-16,18,22-24,29-30,34,46H,9,11,13,17,19-21H2,1-8H3,(H,42,51)(H,43,44,45)/t24?,29-,30?,34?/m0/s1. The van der Waals surface area contributed by atoms with Crippen molar-refractivity contribution in [3.63, 3.8) is 0 Å². The van der Waals surface area contributed by atoms with E-state index in [1.165, 1.54) is 17.0 Å². The number of cyclic esters (lactones) is 1. The molecule has 3 unspecified atom stereocenters. The number of ether oxygens (including phenoxy) is 2. The lowest BCUT2D eigenvalue weighted by Gasteiger charge is -2.36. The second kappa shape index (κ2) is 16.3. The van der Waals surface area contributed by atoms with Crippen molar-refractivity contribution in [1.82, 2.24) is 45.4 Å². The summed E-state index contributed by atoms with van der Waals surface area (Å²) in [7, 11) is 3.21. The van der Waals surface area contributed by atoms with Crippen LogP contribution in [0.3, 0.4) is 0 Å². The van der Waals surface area contributed by atoms with Gasteiger partial charge in [0.2, 0.25) is 12.3 Å². The van der Waals surface area contributed by atoms with E-state index in [0.29, 0.717) is 50.4 Å². The summed E-state index contributed by atoms with van der Waals surface area (Å²) in [4.78, 5) is 64.1. The Morgan fingerprint density at radius 1 is 1.22 bits per heavy atom. The molecule has 3 amide bonds. The number of methoxy groups -OCH3 is 1. The van der Waals surface area contributed by atoms with Crippen molar-refractivity contribution in [2.24, 2.45) is 11.3 Å². The zero-order chi connectivity index (χ0) is 39.6. The van der Waals surface area contributed by atoms with Crippen LogP contribution in [0.4, 0.5) is 0 Å². The molecule has 3 N–H and O–H groups in total. The van der Waals surface area contributed by atoms with E-state index in [9.17, 15) is 19.2 Å². The number of likely N-dealkylation sites (N-methyl/N-ethyl adjacent to an activating group) is 1. The molecule has 0 spiro atoms. The molecule has 294 valence electrons. The van der Waals surface area contributed by atoms with Gasteiger partial charge in [-0.05, 0) is 74.9 Å². The third kappa shape index (κ3) is 8.13. The van der Waals surface area contributed by atoms with E-state index in [0.717, 1.165) is 39.0 Å². The van der Waals surface area contributed by atoms with E-state index in [4.69, 9.17) is 19.4 Å². The number of amides is 3. The van der Waals surface area contributed by atoms with Gasteiger partial charge in [-0.15, -0.1) is 0 Å². The number of rotatable bonds is 9. The quantitative estimate of drug-likeness (QED) is 0.167. The van der Waals surface area contributed by atoms with Crippen LogP contribution in [0.5, 0.6) is 0 Å². The van der Waals surface area contributed by atoms with Gasteiger partial charge in [0.1, 0.15) is 23.9 Å². The average Bonchev–Trinajstić information content (AvgIpc) is 3.77. The normalized spacial score (nSPS) is 20.1. The van der Waals surface area contributed by atoms with E-state index in [-0.39, 0.29) is 25.0 Å². The molecule has 3 aromatic heterocycles. The molecule has 1 aromatic carbocycles. The minimum absolute atomic E-state index is 0.0139. The summed E-state index contributed by atoms with van der Waals surface area (Å²) < 4.78 is 14.1. The molecular weight excluding hydrogens is 702 g/mol. The van der Waals surface area contributed by atoms with Gasteiger partial charge in [0.05, 0.1) is 24.1 Å². The molecule has 4 aromatic rings. The Labute approximate surface area is 321 Å². The Morgan fingerprint density at radius 2 is 2.00 bits per heavy atom. The molecule has 1 fully saturated rings. The van der Waals surface area contributed by atoms with Crippen LogP contribution in [0.15, 0.2) is 36.5 Å². The van der Waals surface area contributed by atoms with Crippen molar-refractivity contribution in [1.29, 1.82) is 0 Å². The van der Waals surface area contributed by atoms with Crippen molar-refractivity contribution in [3.8, 4) is 22.6 Å². The van der Waals surface area contributed by atoms with Crippen LogP contribution in [-0.4, -0.2) is 104 Å². The summed E-state index contributed by atoms with van der Waals surface area (Å²) >= 11 is 0. The number of carbonyl (C=O) groups excluding carboxylic acids is 4. The first kappa shape index (κ1) is 39.5. The fourth-order valence-corrected chi connectivity index (χ4v) is 7.82. The maximum Gasteiger partial charge on any atom is 0.324 e. The molecule has 15 heteroatoms. The minimum Gasteiger partial charge on any atom is -0.464 e. The number of aryl methyl sites for hydroxylation is 1. The van der Waals surface area contributed by atoms with Gasteiger partial charge in [0.25, 0.3) is 5.91 Å². The lowest BCUT2D eigenvalue weighted by molar-refractivity contribution is -0.155. The first-order valence-corrected chi connectivity index (χ1v) is 19.0. The molecule has 6 bridgehead atoms. The summed E-state index contributed by atoms with van der Waals surface area (Å²) in [6.45, 7) is 13.1. The smallest absolute Gasteiger partial charge is 0.324 e. The van der Waals surface area contributed by atoms with Crippen LogP contribution in [0.25, 0.3) is 33.5 Å². The first-order chi connectivity index (χ1) is 26.3. The highest BCUT2D eigenvalue weighted by Gasteiger charge is 2.37. The van der Waals surface area contributed by atoms with Gasteiger partial charge in [0.15, 0.2) is 5.82 Å². The molecule has 0 aliphatic carbocycles. The summed E-state index contributed by atoms with van der Waals surface area (Å²) in [6, 6.07) is 7.48. The van der Waals surface area contributed by atoms with E-state index in [2.05, 4.69) is 64.5 Å². The van der Waals surface area contributed by atoms with E-state index in [1.807, 2.05) is 32.9 Å². The molecule has 0 saturated carbocycles. The molecule has 2 aliphatic heterocycles. The number of H-pyrrole nitrogens is 1. The number of nitrogens with one attached hydrogen (secondary N) is 3. The zero-order valence-electron chi connectivity index (χ0n) is 33.0. The number of nitrogens with zero attached hydrogens (tertiary/aromatic N) is 6. The zero-order valence-corrected chi connectivity index (χ0v) is 33.0. The Hall–Kier alpha value is -5.15. The monoisotopic (exact) mass is 755 g/mol. The second-order valence-electron chi connectivity index (χ2n) is 15.7. The number of fused-ring (bicyclic) bond motifs is 6. The van der Waals surface area contributed by atoms with Crippen molar-refractivity contribution in [2.75, 3.05) is 27.3 Å². The third-order valence-electron chi connectivity index (χ3n) is 10.6. The van der Waals surface area contributed by atoms with Crippen molar-refractivity contribution >= 4 is 35.1 Å². The van der Waals surface area contributed by atoms with Gasteiger partial charge in [0, 0.05) is 67.3 Å². The fraction of sp³-hybridized carbons (Fsp3) is 0.525. The molecule has 2 aliphatic rings. The number of pyridine rings is 1. The summed E-state index contributed by atoms with van der Waals surface area (Å²) in [5, 5.41) is 12.8. The highest BCUT2D eigenvalue weighted by molar-refractivity contribution is 5.95. The summed E-state index contributed by atoms with van der Waals surface area (Å²) in [5.74, 6) is -0.790. The maximum absolute atomic E-state index is 14.2. The SMILES string of the molecule is CCn1c(-c2cccnc2C(C)OC)c2c3cc(ccc31)-c1n[nH]c(n1)CC(NC(=O)C(C(C)C)N(C)C=O)C(=O)N1CCC[C@H](N1)C(=O)OCC(C)(C)C2. The predicted molar refractivity (Wildman–Crippen MR) is 206 cm³/mol. The number of aromatic amines is 1. The minimum atomic E-state index is -1.09. The number of carbonyl (C=O) groups is 4. The number of hydrogen-bond acceptors (Lipinski definition) is 10. The molecule has 6 rings (SSSR count). The molecule has 0 radical (unpaired) electrons. The highest BCUT2D eigenvalue weighted by Crippen LogP contribution is 2.41. The van der Waals surface area contributed by atoms with Crippen LogP contribution < -0.4 is 10.7 Å². The fourth-order valence-electron chi connectivity index (χ4n) is 7.82. The first-order valence-electron chi connectivity index (χ1n) is 19.0. The lowest BCUT2D eigenvalue weighted by Crippen LogP contribution is -2.62. The number of benzene rings is 1. The largest absolute Gasteiger partial charge is 0.464 e. The number of aromatic nitrogens is 5. The van der Waals surface area contributed by atoms with Crippen LogP contribution in [0.1, 0.15) is 77.6 Å². The van der Waals surface area contributed by atoms with Crippen molar-refractivity contribution in [2.45, 2.75) is 98.0 Å². The molecule has 5 heterocycles. The van der Waals surface area contributed by atoms with Gasteiger partial charge in [-0.2, -0.15) is 5.10 Å². The molecule has 1 saturated heterocycles. The van der Waals surface area contributed by atoms with Crippen molar-refractivity contribution in [3.05, 3.63) is 53.6 Å². The summed E-state index contributed by atoms with van der Waals surface area (Å²) in [5.41, 5.74) is 8.24. The number of hydrazine groups is 1. The Balaban J connectivity index is 1.49. The lowest BCUT2D eigenvalue weighted by atomic mass is 9.84. The van der Waals surface area contributed by atoms with Gasteiger partial charge >= 0.3 is 5.97 Å². The molecular formula is C40H53N9O6. The Bertz CT molecular complexity index is 2060. The Morgan fingerprint density at radius 3 is 2.71 bits per heavy atom. The van der Waals surface area contributed by atoms with E-state index >= 15 is 0 Å². The van der Waals surface area contributed by atoms with E-state index < -0.39 is 41.3 Å². The molecule has 55 heavy (non-hydrogen) atoms. The topological polar surface area (TPSA) is 177 Å². The van der Waals surface area contributed by atoms with Crippen LogP contribution >= 0.6 is 0 Å². The van der Waals surface area contributed by atoms with E-state index in [1.54, 1.807) is 13.3 Å². The highest BCUT2D eigenvalue weighted by atomic mass is 16.5. The van der Waals surface area contributed by atoms with Gasteiger partial charge in [-0.25, -0.2) is 10.4 Å². The predicted octanol–water partition coefficient (Wildman–Crippen LogP) is 3.98. The molecule has 15 nitrogen and oxygen atoms in total. The maximum atomic E-state index is 14.2. The van der Waals surface area contributed by atoms with Gasteiger partial charge in [-0.3, -0.25) is 34.3 Å². The third-order valence-corrected chi connectivity index (χ3v) is 10.6. The average molecular weight is 756 g/mol. The van der Waals surface area contributed by atoms with Gasteiger partial charge in [-0.1, -0.05) is 27.7 Å². The van der Waals surface area contributed by atoms with Crippen LogP contribution in [-0.2, 0) is 48.0 Å². The summed E-state index contributed by atoms with van der Waals surface area (Å²) in [6.07, 6.45) is 3.69. The van der Waals surface area contributed by atoms with Crippen LogP contribution in [0.2, 0.25) is 0 Å². The van der Waals surface area contributed by atoms with Crippen molar-refractivity contribution < 1.29 is 28.7 Å². The Kier molecular flexibility index (Phi) is 11.7. The van der Waals surface area contributed by atoms with Gasteiger partial charge < -0.3 is 24.3 Å². The number of esters is 1. The molecule has 4 atom stereocenters. The number of hydrogen-bond donors (Lipinski definition) is 3. The van der Waals surface area contributed by atoms with Crippen LogP contribution in [0, 0.1) is 11.3 Å².